The van der Waals surface area contributed by atoms with E-state index in [1.165, 1.54) is 0 Å². The van der Waals surface area contributed by atoms with Gasteiger partial charge in [0.05, 0.1) is 12.6 Å². The first-order chi connectivity index (χ1) is 10.4. The van der Waals surface area contributed by atoms with Gasteiger partial charge in [-0.05, 0) is 25.3 Å². The highest BCUT2D eigenvalue weighted by atomic mass is 16.3. The summed E-state index contributed by atoms with van der Waals surface area (Å²) in [5.74, 6) is 0.875. The fourth-order valence-corrected chi connectivity index (χ4v) is 2.79. The van der Waals surface area contributed by atoms with Crippen molar-refractivity contribution in [3.05, 3.63) is 0 Å². The SMILES string of the molecule is CC(C)CC(CO)NC(=O)NCC(C)CN1CCN(C)CC1. The summed E-state index contributed by atoms with van der Waals surface area (Å²) in [4.78, 5) is 16.7. The molecular formula is C16H34N4O2. The van der Waals surface area contributed by atoms with Gasteiger partial charge in [0.25, 0.3) is 0 Å². The largest absolute Gasteiger partial charge is 0.394 e. The van der Waals surface area contributed by atoms with Gasteiger partial charge in [-0.3, -0.25) is 0 Å². The summed E-state index contributed by atoms with van der Waals surface area (Å²) in [6.45, 7) is 12.4. The maximum atomic E-state index is 11.9. The molecule has 2 atom stereocenters. The minimum absolute atomic E-state index is 0.0115. The number of rotatable bonds is 8. The Morgan fingerprint density at radius 2 is 1.82 bits per heavy atom. The number of hydrogen-bond donors (Lipinski definition) is 3. The van der Waals surface area contributed by atoms with Crippen LogP contribution < -0.4 is 10.6 Å². The number of likely N-dealkylation sites (N-methyl/N-ethyl adjacent to an activating group) is 1. The van der Waals surface area contributed by atoms with E-state index in [-0.39, 0.29) is 18.7 Å². The van der Waals surface area contributed by atoms with Crippen LogP contribution >= 0.6 is 0 Å². The molecule has 2 amide bonds. The van der Waals surface area contributed by atoms with Crippen LogP contribution in [0.25, 0.3) is 0 Å². The minimum Gasteiger partial charge on any atom is -0.394 e. The average Bonchev–Trinajstić information content (AvgIpc) is 2.46. The van der Waals surface area contributed by atoms with Crippen LogP contribution in [0.3, 0.4) is 0 Å². The van der Waals surface area contributed by atoms with Crippen LogP contribution in [0, 0.1) is 11.8 Å². The quantitative estimate of drug-likeness (QED) is 0.613. The van der Waals surface area contributed by atoms with E-state index in [1.54, 1.807) is 0 Å². The average molecular weight is 314 g/mol. The third-order valence-corrected chi connectivity index (χ3v) is 4.09. The first-order valence-electron chi connectivity index (χ1n) is 8.46. The van der Waals surface area contributed by atoms with E-state index in [1.807, 2.05) is 0 Å². The molecule has 1 aliphatic rings. The normalized spacial score (nSPS) is 19.9. The summed E-state index contributed by atoms with van der Waals surface area (Å²) in [5.41, 5.74) is 0. The fourth-order valence-electron chi connectivity index (χ4n) is 2.79. The molecule has 3 N–H and O–H groups in total. The number of nitrogens with one attached hydrogen (secondary N) is 2. The Labute approximate surface area is 135 Å². The summed E-state index contributed by atoms with van der Waals surface area (Å²) in [5, 5.41) is 15.0. The van der Waals surface area contributed by atoms with E-state index in [4.69, 9.17) is 0 Å². The Bertz CT molecular complexity index is 317. The Balaban J connectivity index is 2.19. The highest BCUT2D eigenvalue weighted by Gasteiger charge is 2.17. The zero-order valence-electron chi connectivity index (χ0n) is 14.6. The summed E-state index contributed by atoms with van der Waals surface area (Å²) >= 11 is 0. The van der Waals surface area contributed by atoms with Crippen LogP contribution in [0.15, 0.2) is 0 Å². The van der Waals surface area contributed by atoms with Crippen molar-refractivity contribution in [2.75, 3.05) is 52.9 Å². The number of nitrogens with zero attached hydrogens (tertiary/aromatic N) is 2. The van der Waals surface area contributed by atoms with Crippen LogP contribution in [0.4, 0.5) is 4.79 Å². The molecule has 6 nitrogen and oxygen atoms in total. The third-order valence-electron chi connectivity index (χ3n) is 4.09. The van der Waals surface area contributed by atoms with E-state index >= 15 is 0 Å². The summed E-state index contributed by atoms with van der Waals surface area (Å²) in [7, 11) is 2.15. The van der Waals surface area contributed by atoms with Crippen LogP contribution in [0.2, 0.25) is 0 Å². The highest BCUT2D eigenvalue weighted by molar-refractivity contribution is 5.74. The number of urea groups is 1. The molecule has 1 saturated heterocycles. The maximum Gasteiger partial charge on any atom is 0.315 e. The second-order valence-electron chi connectivity index (χ2n) is 7.07. The zero-order chi connectivity index (χ0) is 16.5. The molecule has 0 aromatic heterocycles. The monoisotopic (exact) mass is 314 g/mol. The molecule has 0 saturated carbocycles. The molecule has 0 aromatic rings. The van der Waals surface area contributed by atoms with E-state index < -0.39 is 0 Å². The highest BCUT2D eigenvalue weighted by Crippen LogP contribution is 2.05. The van der Waals surface area contributed by atoms with Crippen molar-refractivity contribution in [1.29, 1.82) is 0 Å². The number of carbonyl (C=O) groups excluding carboxylic acids is 1. The third kappa shape index (κ3) is 7.96. The van der Waals surface area contributed by atoms with Crippen LogP contribution in [0.5, 0.6) is 0 Å². The van der Waals surface area contributed by atoms with E-state index in [9.17, 15) is 9.90 Å². The molecule has 6 heteroatoms. The molecule has 0 aliphatic carbocycles. The zero-order valence-corrected chi connectivity index (χ0v) is 14.6. The molecule has 1 aliphatic heterocycles. The molecule has 0 aromatic carbocycles. The van der Waals surface area contributed by atoms with Gasteiger partial charge >= 0.3 is 6.03 Å². The lowest BCUT2D eigenvalue weighted by Gasteiger charge is -2.34. The first-order valence-corrected chi connectivity index (χ1v) is 8.46. The minimum atomic E-state index is -0.176. The summed E-state index contributed by atoms with van der Waals surface area (Å²) in [6.07, 6.45) is 0.792. The van der Waals surface area contributed by atoms with Gasteiger partial charge in [-0.25, -0.2) is 4.79 Å². The Morgan fingerprint density at radius 3 is 2.36 bits per heavy atom. The predicted octanol–water partition coefficient (Wildman–Crippen LogP) is 0.576. The van der Waals surface area contributed by atoms with Crippen LogP contribution in [-0.2, 0) is 0 Å². The number of carbonyl (C=O) groups is 1. The number of aliphatic hydroxyl groups is 1. The van der Waals surface area contributed by atoms with Crippen molar-refractivity contribution in [1.82, 2.24) is 20.4 Å². The lowest BCUT2D eigenvalue weighted by molar-refractivity contribution is 0.138. The van der Waals surface area contributed by atoms with Crippen molar-refractivity contribution in [2.24, 2.45) is 11.8 Å². The molecule has 1 fully saturated rings. The summed E-state index contributed by atoms with van der Waals surface area (Å²) in [6, 6.07) is -0.335. The fraction of sp³-hybridized carbons (Fsp3) is 0.938. The van der Waals surface area contributed by atoms with E-state index in [2.05, 4.69) is 48.3 Å². The second-order valence-corrected chi connectivity index (χ2v) is 7.07. The molecule has 0 radical (unpaired) electrons. The van der Waals surface area contributed by atoms with Gasteiger partial charge in [-0.2, -0.15) is 0 Å². The maximum absolute atomic E-state index is 11.9. The van der Waals surface area contributed by atoms with Crippen LogP contribution in [0.1, 0.15) is 27.2 Å². The lowest BCUT2D eigenvalue weighted by atomic mass is 10.0. The molecule has 22 heavy (non-hydrogen) atoms. The molecule has 0 bridgehead atoms. The first kappa shape index (κ1) is 19.2. The number of hydrogen-bond acceptors (Lipinski definition) is 4. The van der Waals surface area contributed by atoms with Gasteiger partial charge in [0.15, 0.2) is 0 Å². The van der Waals surface area contributed by atoms with E-state index in [0.717, 1.165) is 39.1 Å². The van der Waals surface area contributed by atoms with Gasteiger partial charge in [0.1, 0.15) is 0 Å². The molecule has 2 unspecified atom stereocenters. The van der Waals surface area contributed by atoms with Gasteiger partial charge in [0, 0.05) is 39.3 Å². The molecule has 0 spiro atoms. The molecule has 130 valence electrons. The number of piperazine rings is 1. The molecule has 1 heterocycles. The van der Waals surface area contributed by atoms with E-state index in [0.29, 0.717) is 18.4 Å². The molecule has 1 rings (SSSR count). The van der Waals surface area contributed by atoms with Crippen molar-refractivity contribution < 1.29 is 9.90 Å². The van der Waals surface area contributed by atoms with Crippen LogP contribution in [-0.4, -0.2) is 79.9 Å². The summed E-state index contributed by atoms with van der Waals surface area (Å²) < 4.78 is 0. The van der Waals surface area contributed by atoms with Crippen molar-refractivity contribution in [3.8, 4) is 0 Å². The lowest BCUT2D eigenvalue weighted by Crippen LogP contribution is -2.48. The Morgan fingerprint density at radius 1 is 1.18 bits per heavy atom. The Hall–Kier alpha value is -0.850. The second kappa shape index (κ2) is 10.0. The van der Waals surface area contributed by atoms with Crippen molar-refractivity contribution in [2.45, 2.75) is 33.2 Å². The number of aliphatic hydroxyl groups excluding tert-OH is 1. The number of amides is 2. The van der Waals surface area contributed by atoms with Gasteiger partial charge < -0.3 is 25.5 Å². The Kier molecular flexibility index (Phi) is 8.75. The smallest absolute Gasteiger partial charge is 0.315 e. The standard InChI is InChI=1S/C16H34N4O2/c1-13(2)9-15(12-21)18-16(22)17-10-14(3)11-20-7-5-19(4)6-8-20/h13-15,21H,5-12H2,1-4H3,(H2,17,18,22). The van der Waals surface area contributed by atoms with Gasteiger partial charge in [-0.1, -0.05) is 20.8 Å². The topological polar surface area (TPSA) is 67.8 Å². The van der Waals surface area contributed by atoms with Crippen molar-refractivity contribution in [3.63, 3.8) is 0 Å². The van der Waals surface area contributed by atoms with Crippen molar-refractivity contribution >= 4 is 6.03 Å². The molecular weight excluding hydrogens is 280 g/mol. The van der Waals surface area contributed by atoms with Gasteiger partial charge in [-0.15, -0.1) is 0 Å². The van der Waals surface area contributed by atoms with Gasteiger partial charge in [0.2, 0.25) is 0 Å². The predicted molar refractivity (Wildman–Crippen MR) is 90.0 cm³/mol.